The van der Waals surface area contributed by atoms with Crippen LogP contribution in [0.5, 0.6) is 11.5 Å². The number of piperidine rings is 1. The summed E-state index contributed by atoms with van der Waals surface area (Å²) in [6, 6.07) is 1.12. The molecule has 1 heterocycles. The van der Waals surface area contributed by atoms with Crippen molar-refractivity contribution in [2.45, 2.75) is 26.2 Å². The molecule has 2 aliphatic rings. The molecule has 2 fully saturated rings. The lowest BCUT2D eigenvalue weighted by Gasteiger charge is -2.37. The average molecular weight is 405 g/mol. The predicted octanol–water partition coefficient (Wildman–Crippen LogP) is 3.35. The quantitative estimate of drug-likeness (QED) is 0.711. The van der Waals surface area contributed by atoms with Gasteiger partial charge in [-0.05, 0) is 36.5 Å². The summed E-state index contributed by atoms with van der Waals surface area (Å²) in [5.41, 5.74) is 5.90. The molecular weight excluding hydrogens is 380 g/mol. The van der Waals surface area contributed by atoms with E-state index in [9.17, 15) is 4.79 Å². The standard InChI is InChI=1S/C21H25F2N3O3/c1-4-5-12-11-26(19-17(22)15(28-2)9-16(29-3)18(19)23)20(27)21(6-7-21)14(12)8-13(25)10-24/h5,8-9,25H,4,6-7,10-11,24H2,1-3H3/b12-5-,14-8+,25-13?. The van der Waals surface area contributed by atoms with Crippen LogP contribution in [0.1, 0.15) is 26.2 Å². The fraction of sp³-hybridized carbons (Fsp3) is 0.429. The normalized spacial score (nSPS) is 20.5. The first-order valence-electron chi connectivity index (χ1n) is 9.45. The van der Waals surface area contributed by atoms with Crippen LogP contribution in [0.25, 0.3) is 0 Å². The number of methoxy groups -OCH3 is 2. The zero-order valence-electron chi connectivity index (χ0n) is 16.8. The Labute approximate surface area is 168 Å². The summed E-state index contributed by atoms with van der Waals surface area (Å²) in [6.07, 6.45) is 5.33. The monoisotopic (exact) mass is 405 g/mol. The summed E-state index contributed by atoms with van der Waals surface area (Å²) in [6.45, 7) is 1.98. The molecule has 0 atom stereocenters. The van der Waals surface area contributed by atoms with Crippen molar-refractivity contribution in [1.82, 2.24) is 0 Å². The molecule has 1 aliphatic heterocycles. The van der Waals surface area contributed by atoms with Crippen LogP contribution in [0.4, 0.5) is 14.5 Å². The van der Waals surface area contributed by atoms with E-state index in [1.165, 1.54) is 14.2 Å². The van der Waals surface area contributed by atoms with E-state index in [0.717, 1.165) is 22.1 Å². The molecule has 1 aromatic rings. The second-order valence-corrected chi connectivity index (χ2v) is 7.16. The van der Waals surface area contributed by atoms with Gasteiger partial charge in [-0.3, -0.25) is 4.79 Å². The summed E-state index contributed by atoms with van der Waals surface area (Å²) < 4.78 is 40.1. The Morgan fingerprint density at radius 3 is 2.31 bits per heavy atom. The number of amides is 1. The maximum Gasteiger partial charge on any atom is 0.238 e. The number of anilines is 1. The van der Waals surface area contributed by atoms with Gasteiger partial charge in [0, 0.05) is 18.3 Å². The van der Waals surface area contributed by atoms with Crippen molar-refractivity contribution in [2.24, 2.45) is 11.1 Å². The summed E-state index contributed by atoms with van der Waals surface area (Å²) in [7, 11) is 2.53. The number of allylic oxidation sites excluding steroid dienone is 1. The second-order valence-electron chi connectivity index (χ2n) is 7.16. The number of hydrogen-bond donors (Lipinski definition) is 2. The fourth-order valence-electron chi connectivity index (χ4n) is 3.79. The molecule has 6 nitrogen and oxygen atoms in total. The molecule has 156 valence electrons. The molecular formula is C21H25F2N3O3. The van der Waals surface area contributed by atoms with Crippen LogP contribution in [-0.4, -0.2) is 38.9 Å². The van der Waals surface area contributed by atoms with Crippen molar-refractivity contribution in [2.75, 3.05) is 32.2 Å². The molecule has 0 unspecified atom stereocenters. The van der Waals surface area contributed by atoms with Crippen molar-refractivity contribution in [1.29, 1.82) is 5.41 Å². The maximum atomic E-state index is 15.1. The molecule has 0 aromatic heterocycles. The highest BCUT2D eigenvalue weighted by Crippen LogP contribution is 2.58. The minimum atomic E-state index is -0.951. The van der Waals surface area contributed by atoms with E-state index >= 15 is 8.78 Å². The lowest BCUT2D eigenvalue weighted by atomic mass is 9.82. The topological polar surface area (TPSA) is 88.6 Å². The number of nitrogens with two attached hydrogens (primary N) is 1. The Kier molecular flexibility index (Phi) is 5.75. The minimum Gasteiger partial charge on any atom is -0.493 e. The van der Waals surface area contributed by atoms with Crippen LogP contribution < -0.4 is 20.1 Å². The van der Waals surface area contributed by atoms with E-state index in [2.05, 4.69) is 0 Å². The van der Waals surface area contributed by atoms with Gasteiger partial charge < -0.3 is 25.5 Å². The van der Waals surface area contributed by atoms with E-state index in [1.54, 1.807) is 6.08 Å². The van der Waals surface area contributed by atoms with Gasteiger partial charge in [0.1, 0.15) is 5.69 Å². The van der Waals surface area contributed by atoms with Gasteiger partial charge in [-0.25, -0.2) is 8.78 Å². The highest BCUT2D eigenvalue weighted by molar-refractivity contribution is 6.07. The zero-order chi connectivity index (χ0) is 21.3. The number of hydrogen-bond acceptors (Lipinski definition) is 5. The molecule has 1 saturated heterocycles. The minimum absolute atomic E-state index is 0.0116. The number of ether oxygens (including phenoxy) is 2. The smallest absolute Gasteiger partial charge is 0.238 e. The van der Waals surface area contributed by atoms with E-state index in [1.807, 2.05) is 13.0 Å². The number of nitrogens with zero attached hydrogens (tertiary/aromatic N) is 1. The van der Waals surface area contributed by atoms with Gasteiger partial charge in [-0.1, -0.05) is 13.0 Å². The second kappa shape index (κ2) is 7.94. The van der Waals surface area contributed by atoms with E-state index in [-0.39, 0.29) is 30.3 Å². The third-order valence-electron chi connectivity index (χ3n) is 5.40. The van der Waals surface area contributed by atoms with Gasteiger partial charge in [0.15, 0.2) is 23.1 Å². The largest absolute Gasteiger partial charge is 0.493 e. The number of nitrogens with one attached hydrogen (secondary N) is 1. The first-order valence-corrected chi connectivity index (χ1v) is 9.45. The van der Waals surface area contributed by atoms with Crippen LogP contribution in [0.15, 0.2) is 29.4 Å². The van der Waals surface area contributed by atoms with Crippen LogP contribution in [0.2, 0.25) is 0 Å². The molecule has 29 heavy (non-hydrogen) atoms. The van der Waals surface area contributed by atoms with Crippen LogP contribution >= 0.6 is 0 Å². The lowest BCUT2D eigenvalue weighted by molar-refractivity contribution is -0.122. The first kappa shape index (κ1) is 21.0. The van der Waals surface area contributed by atoms with Gasteiger partial charge in [0.2, 0.25) is 5.91 Å². The van der Waals surface area contributed by atoms with Gasteiger partial charge in [0.05, 0.1) is 26.2 Å². The number of benzene rings is 1. The van der Waals surface area contributed by atoms with E-state index in [0.29, 0.717) is 19.3 Å². The summed E-state index contributed by atoms with van der Waals surface area (Å²) in [4.78, 5) is 14.5. The van der Waals surface area contributed by atoms with Gasteiger partial charge in [-0.15, -0.1) is 0 Å². The molecule has 0 radical (unpaired) electrons. The molecule has 1 amide bonds. The summed E-state index contributed by atoms with van der Waals surface area (Å²) >= 11 is 0. The van der Waals surface area contributed by atoms with Gasteiger partial charge >= 0.3 is 0 Å². The molecule has 1 saturated carbocycles. The molecule has 8 heteroatoms. The van der Waals surface area contributed by atoms with Crippen LogP contribution in [0, 0.1) is 22.5 Å². The highest BCUT2D eigenvalue weighted by atomic mass is 19.1. The molecule has 0 bridgehead atoms. The fourth-order valence-corrected chi connectivity index (χ4v) is 3.79. The van der Waals surface area contributed by atoms with Crippen LogP contribution in [-0.2, 0) is 4.79 Å². The third-order valence-corrected chi connectivity index (χ3v) is 5.40. The number of carbonyl (C=O) groups excluding carboxylic acids is 1. The number of carbonyl (C=O) groups is 1. The van der Waals surface area contributed by atoms with Crippen molar-refractivity contribution in [3.05, 3.63) is 41.0 Å². The lowest BCUT2D eigenvalue weighted by Crippen LogP contribution is -2.46. The SMILES string of the molecule is CC/C=C1/CN(c2c(F)c(OC)cc(OC)c2F)C(=O)C2(CC2)/C1=C/C(=N)CN. The highest BCUT2D eigenvalue weighted by Gasteiger charge is 2.58. The molecule has 1 aromatic carbocycles. The van der Waals surface area contributed by atoms with Gasteiger partial charge in [-0.2, -0.15) is 0 Å². The summed E-state index contributed by atoms with van der Waals surface area (Å²) in [5.74, 6) is -2.71. The Hall–Kier alpha value is -2.74. The van der Waals surface area contributed by atoms with Crippen molar-refractivity contribution in [3.63, 3.8) is 0 Å². The Morgan fingerprint density at radius 1 is 1.28 bits per heavy atom. The van der Waals surface area contributed by atoms with Crippen molar-refractivity contribution in [3.8, 4) is 11.5 Å². The number of rotatable bonds is 6. The number of halogens is 2. The zero-order valence-corrected chi connectivity index (χ0v) is 16.8. The predicted molar refractivity (Wildman–Crippen MR) is 107 cm³/mol. The van der Waals surface area contributed by atoms with Crippen molar-refractivity contribution < 1.29 is 23.0 Å². The average Bonchev–Trinajstić information content (AvgIpc) is 3.50. The Morgan fingerprint density at radius 2 is 1.86 bits per heavy atom. The summed E-state index contributed by atoms with van der Waals surface area (Å²) in [5, 5.41) is 7.95. The van der Waals surface area contributed by atoms with Crippen molar-refractivity contribution >= 4 is 17.3 Å². The molecule has 1 spiro atoms. The maximum absolute atomic E-state index is 15.1. The Balaban J connectivity index is 2.18. The van der Waals surface area contributed by atoms with E-state index in [4.69, 9.17) is 20.6 Å². The first-order chi connectivity index (χ1) is 13.8. The van der Waals surface area contributed by atoms with Gasteiger partial charge in [0.25, 0.3) is 0 Å². The Bertz CT molecular complexity index is 892. The molecule has 3 N–H and O–H groups in total. The molecule has 3 rings (SSSR count). The molecule has 1 aliphatic carbocycles. The van der Waals surface area contributed by atoms with E-state index < -0.39 is 28.6 Å². The van der Waals surface area contributed by atoms with Crippen LogP contribution in [0.3, 0.4) is 0 Å². The third kappa shape index (κ3) is 3.42.